The Hall–Kier alpha value is -0.848. The third kappa shape index (κ3) is 1.05. The van der Waals surface area contributed by atoms with E-state index in [0.29, 0.717) is 0 Å². The molecule has 0 fully saturated rings. The maximum Gasteiger partial charge on any atom is 0.289 e. The van der Waals surface area contributed by atoms with Gasteiger partial charge in [-0.25, -0.2) is 9.97 Å². The summed E-state index contributed by atoms with van der Waals surface area (Å²) >= 11 is 1.02. The molecular formula is C7H8AlN3. The van der Waals surface area contributed by atoms with Gasteiger partial charge in [0.05, 0.1) is 6.33 Å². The van der Waals surface area contributed by atoms with Crippen LogP contribution in [0.25, 0.3) is 5.65 Å². The van der Waals surface area contributed by atoms with Crippen LogP contribution in [0, 0.1) is 6.92 Å². The number of aryl methyl sites for hydroxylation is 1. The first-order valence-electron chi connectivity index (χ1n) is 3.54. The van der Waals surface area contributed by atoms with E-state index in [2.05, 4.69) is 9.97 Å². The molecule has 0 atom stereocenters. The van der Waals surface area contributed by atoms with Crippen LogP contribution in [0.2, 0.25) is 0 Å². The number of fused-ring (bicyclic) bond motifs is 1. The Labute approximate surface area is 72.5 Å². The van der Waals surface area contributed by atoms with Gasteiger partial charge in [0, 0.05) is 18.0 Å². The van der Waals surface area contributed by atoms with Crippen LogP contribution in [0.4, 0.5) is 0 Å². The van der Waals surface area contributed by atoms with E-state index in [4.69, 9.17) is 0 Å². The summed E-state index contributed by atoms with van der Waals surface area (Å²) in [6.07, 6.45) is 3.74. The molecule has 0 radical (unpaired) electrons. The highest BCUT2D eigenvalue weighted by molar-refractivity contribution is 6.31. The summed E-state index contributed by atoms with van der Waals surface area (Å²) in [7, 11) is 0. The van der Waals surface area contributed by atoms with Crippen LogP contribution >= 0.6 is 0 Å². The van der Waals surface area contributed by atoms with E-state index < -0.39 is 0 Å². The number of hydrogen-bond donors (Lipinski definition) is 0. The molecule has 11 heavy (non-hydrogen) atoms. The number of aromatic nitrogens is 3. The minimum Gasteiger partial charge on any atom is -0.306 e. The van der Waals surface area contributed by atoms with Gasteiger partial charge < -0.3 is 4.40 Å². The lowest BCUT2D eigenvalue weighted by molar-refractivity contribution is 1.06. The van der Waals surface area contributed by atoms with Crippen molar-refractivity contribution in [2.24, 2.45) is 0 Å². The maximum atomic E-state index is 4.24. The molecule has 2 rings (SSSR count). The van der Waals surface area contributed by atoms with Crippen LogP contribution in [0.1, 0.15) is 5.69 Å². The third-order valence-electron chi connectivity index (χ3n) is 1.73. The van der Waals surface area contributed by atoms with Gasteiger partial charge in [0.25, 0.3) is 16.3 Å². The Kier molecular flexibility index (Phi) is 1.45. The summed E-state index contributed by atoms with van der Waals surface area (Å²) in [5.41, 5.74) is 2.02. The van der Waals surface area contributed by atoms with Gasteiger partial charge in [-0.1, -0.05) is 0 Å². The van der Waals surface area contributed by atoms with Crippen LogP contribution in [-0.4, -0.2) is 30.7 Å². The lowest BCUT2D eigenvalue weighted by Crippen LogP contribution is -2.09. The highest BCUT2D eigenvalue weighted by Gasteiger charge is 1.96. The fraction of sp³-hybridized carbons (Fsp3) is 0.143. The molecule has 0 saturated carbocycles. The van der Waals surface area contributed by atoms with Gasteiger partial charge in [-0.15, -0.1) is 0 Å². The highest BCUT2D eigenvalue weighted by atomic mass is 27.0. The summed E-state index contributed by atoms with van der Waals surface area (Å²) in [4.78, 5) is 8.42. The normalized spacial score (nSPS) is 10.6. The van der Waals surface area contributed by atoms with Crippen molar-refractivity contribution in [2.75, 3.05) is 0 Å². The molecule has 0 N–H and O–H groups in total. The zero-order chi connectivity index (χ0) is 7.84. The van der Waals surface area contributed by atoms with Crippen LogP contribution in [0.5, 0.6) is 0 Å². The fourth-order valence-electron chi connectivity index (χ4n) is 1.09. The second-order valence-corrected chi connectivity index (χ2v) is 3.68. The zero-order valence-electron chi connectivity index (χ0n) is 6.57. The van der Waals surface area contributed by atoms with Gasteiger partial charge >= 0.3 is 0 Å². The number of hydrogen-bond acceptors (Lipinski definition) is 2. The number of imidazole rings is 1. The Morgan fingerprint density at radius 1 is 1.45 bits per heavy atom. The molecule has 0 spiro atoms. The monoisotopic (exact) mass is 161 g/mol. The minimum absolute atomic E-state index is 1.00. The van der Waals surface area contributed by atoms with Crippen LogP contribution in [-0.2, 0) is 0 Å². The van der Waals surface area contributed by atoms with Gasteiger partial charge in [0.1, 0.15) is 5.65 Å². The molecule has 0 aliphatic heterocycles. The van der Waals surface area contributed by atoms with Gasteiger partial charge in [0.2, 0.25) is 0 Å². The Morgan fingerprint density at radius 2 is 2.27 bits per heavy atom. The molecule has 4 heteroatoms. The second kappa shape index (κ2) is 2.33. The third-order valence-corrected chi connectivity index (χ3v) is 2.47. The van der Waals surface area contributed by atoms with Crippen LogP contribution in [0.15, 0.2) is 18.6 Å². The summed E-state index contributed by atoms with van der Waals surface area (Å²) < 4.78 is 3.28. The Morgan fingerprint density at radius 3 is 3.09 bits per heavy atom. The molecule has 0 aromatic carbocycles. The van der Waals surface area contributed by atoms with Crippen molar-refractivity contribution < 1.29 is 0 Å². The van der Waals surface area contributed by atoms with Crippen LogP contribution < -0.4 is 4.56 Å². The van der Waals surface area contributed by atoms with E-state index >= 15 is 0 Å². The van der Waals surface area contributed by atoms with Gasteiger partial charge in [-0.2, -0.15) is 0 Å². The molecule has 54 valence electrons. The SMILES string of the molecule is Cc1cc2nc[c]([AlH2])n2cn1. The van der Waals surface area contributed by atoms with Crippen molar-refractivity contribution in [3.05, 3.63) is 24.3 Å². The molecule has 0 amide bonds. The van der Waals surface area contributed by atoms with E-state index in [9.17, 15) is 0 Å². The predicted molar refractivity (Wildman–Crippen MR) is 45.9 cm³/mol. The predicted octanol–water partition coefficient (Wildman–Crippen LogP) is -0.704. The lowest BCUT2D eigenvalue weighted by atomic mass is 10.4. The molecule has 0 aliphatic rings. The Balaban J connectivity index is 2.86. The van der Waals surface area contributed by atoms with Crippen molar-refractivity contribution in [2.45, 2.75) is 6.92 Å². The van der Waals surface area contributed by atoms with Crippen molar-refractivity contribution in [3.63, 3.8) is 0 Å². The second-order valence-electron chi connectivity index (χ2n) is 2.66. The smallest absolute Gasteiger partial charge is 0.289 e. The molecule has 0 saturated heterocycles. The standard InChI is InChI=1S/C7H6N3.Al.2H/c1-6-4-7-8-2-3-10(7)5-9-6;;;/h2,4-5H,1H3;;;. The maximum absolute atomic E-state index is 4.24. The van der Waals surface area contributed by atoms with Crippen molar-refractivity contribution in [1.82, 2.24) is 14.4 Å². The van der Waals surface area contributed by atoms with E-state index in [1.165, 1.54) is 4.56 Å². The summed E-state index contributed by atoms with van der Waals surface area (Å²) in [5, 5.41) is 0. The van der Waals surface area contributed by atoms with Crippen molar-refractivity contribution in [1.29, 1.82) is 0 Å². The average Bonchev–Trinajstić information content (AvgIpc) is 2.32. The summed E-state index contributed by atoms with van der Waals surface area (Å²) in [6.45, 7) is 1.97. The first-order chi connectivity index (χ1) is 5.27. The van der Waals surface area contributed by atoms with E-state index in [1.54, 1.807) is 0 Å². The van der Waals surface area contributed by atoms with Crippen molar-refractivity contribution in [3.8, 4) is 0 Å². The first-order valence-corrected chi connectivity index (χ1v) is 4.54. The topological polar surface area (TPSA) is 30.2 Å². The molecule has 0 unspecified atom stereocenters. The highest BCUT2D eigenvalue weighted by Crippen LogP contribution is 1.97. The van der Waals surface area contributed by atoms with Gasteiger partial charge in [0.15, 0.2) is 0 Å². The molecule has 2 heterocycles. The summed E-state index contributed by atoms with van der Waals surface area (Å²) in [6, 6.07) is 1.99. The first kappa shape index (κ1) is 6.84. The van der Waals surface area contributed by atoms with Gasteiger partial charge in [-0.3, -0.25) is 0 Å². The Bertz CT molecular complexity index is 393. The minimum atomic E-state index is 1.00. The van der Waals surface area contributed by atoms with Crippen LogP contribution in [0.3, 0.4) is 0 Å². The van der Waals surface area contributed by atoms with E-state index in [0.717, 1.165) is 27.6 Å². The lowest BCUT2D eigenvalue weighted by Gasteiger charge is -1.95. The largest absolute Gasteiger partial charge is 0.306 e. The quantitative estimate of drug-likeness (QED) is 0.478. The average molecular weight is 161 g/mol. The van der Waals surface area contributed by atoms with Gasteiger partial charge in [-0.05, 0) is 11.5 Å². The molecular weight excluding hydrogens is 153 g/mol. The molecule has 2 aromatic heterocycles. The number of nitrogens with zero attached hydrogens (tertiary/aromatic N) is 3. The summed E-state index contributed by atoms with van der Waals surface area (Å²) in [5.74, 6) is 0. The number of rotatable bonds is 0. The molecule has 3 nitrogen and oxygen atoms in total. The fourth-order valence-corrected chi connectivity index (χ4v) is 1.57. The zero-order valence-corrected chi connectivity index (χ0v) is 8.57. The van der Waals surface area contributed by atoms with E-state index in [1.807, 2.05) is 29.9 Å². The van der Waals surface area contributed by atoms with Crippen molar-refractivity contribution >= 4 is 26.5 Å². The molecule has 0 aliphatic carbocycles. The molecule has 0 bridgehead atoms. The van der Waals surface area contributed by atoms with E-state index in [-0.39, 0.29) is 0 Å². The molecule has 2 aromatic rings.